The first-order chi connectivity index (χ1) is 14.5. The van der Waals surface area contributed by atoms with E-state index in [-0.39, 0.29) is 24.8 Å². The highest BCUT2D eigenvalue weighted by Gasteiger charge is 2.38. The predicted octanol–water partition coefficient (Wildman–Crippen LogP) is 2.66. The summed E-state index contributed by atoms with van der Waals surface area (Å²) in [5.74, 6) is -1.12. The number of nitrogens with zero attached hydrogens (tertiary/aromatic N) is 3. The van der Waals surface area contributed by atoms with Gasteiger partial charge in [0.05, 0.1) is 23.4 Å². The van der Waals surface area contributed by atoms with E-state index in [1.165, 1.54) is 12.1 Å². The van der Waals surface area contributed by atoms with Crippen LogP contribution in [0.3, 0.4) is 0 Å². The van der Waals surface area contributed by atoms with E-state index in [1.54, 1.807) is 41.3 Å². The van der Waals surface area contributed by atoms with Gasteiger partial charge in [0, 0.05) is 24.1 Å². The van der Waals surface area contributed by atoms with Crippen molar-refractivity contribution in [2.75, 3.05) is 13.1 Å². The van der Waals surface area contributed by atoms with E-state index in [1.807, 2.05) is 0 Å². The minimum absolute atomic E-state index is 0.244. The third kappa shape index (κ3) is 2.88. The van der Waals surface area contributed by atoms with Crippen LogP contribution in [0.1, 0.15) is 32.0 Å². The molecule has 0 aliphatic carbocycles. The van der Waals surface area contributed by atoms with Crippen LogP contribution in [-0.2, 0) is 17.8 Å². The van der Waals surface area contributed by atoms with Crippen LogP contribution in [-0.4, -0.2) is 45.8 Å². The summed E-state index contributed by atoms with van der Waals surface area (Å²) in [7, 11) is 0. The van der Waals surface area contributed by atoms with E-state index in [0.717, 1.165) is 16.2 Å². The summed E-state index contributed by atoms with van der Waals surface area (Å²) in [5, 5.41) is 4.08. The van der Waals surface area contributed by atoms with Gasteiger partial charge in [0.25, 0.3) is 11.8 Å². The fourth-order valence-corrected chi connectivity index (χ4v) is 3.87. The molecule has 0 atom stereocenters. The number of rotatable bonds is 3. The smallest absolute Gasteiger partial charge is 0.262 e. The highest BCUT2D eigenvalue weighted by atomic mass is 19.1. The molecule has 0 saturated carbocycles. The number of imide groups is 1. The normalized spacial score (nSPS) is 15.4. The van der Waals surface area contributed by atoms with Crippen molar-refractivity contribution in [3.05, 3.63) is 76.7 Å². The van der Waals surface area contributed by atoms with Crippen LogP contribution in [0.15, 0.2) is 53.1 Å². The van der Waals surface area contributed by atoms with Gasteiger partial charge in [-0.25, -0.2) is 4.39 Å². The molecule has 3 aromatic rings. The van der Waals surface area contributed by atoms with Crippen molar-refractivity contribution in [2.45, 2.75) is 13.0 Å². The monoisotopic (exact) mass is 405 g/mol. The van der Waals surface area contributed by atoms with E-state index in [4.69, 9.17) is 4.52 Å². The van der Waals surface area contributed by atoms with Crippen LogP contribution < -0.4 is 0 Å². The Balaban J connectivity index is 1.35. The molecule has 0 unspecified atom stereocenters. The minimum Gasteiger partial charge on any atom is -0.356 e. The van der Waals surface area contributed by atoms with Gasteiger partial charge in [-0.05, 0) is 36.4 Å². The molecule has 8 heteroatoms. The number of hydrogen-bond donors (Lipinski definition) is 0. The molecule has 5 rings (SSSR count). The summed E-state index contributed by atoms with van der Waals surface area (Å²) in [4.78, 5) is 40.5. The van der Waals surface area contributed by atoms with Crippen LogP contribution in [0.5, 0.6) is 0 Å². The number of aromatic nitrogens is 1. The number of carbonyl (C=O) groups is 3. The standard InChI is InChI=1S/C22H16FN3O4/c23-14-7-5-13(6-8-14)20-17-11-25(10-9-18(17)24-30-20)19(27)12-26-21(28)15-3-1-2-4-16(15)22(26)29/h1-8H,9-12H2. The average molecular weight is 405 g/mol. The molecular formula is C22H16FN3O4. The average Bonchev–Trinajstić information content (AvgIpc) is 3.29. The van der Waals surface area contributed by atoms with E-state index in [0.29, 0.717) is 35.4 Å². The fourth-order valence-electron chi connectivity index (χ4n) is 3.87. The van der Waals surface area contributed by atoms with Crippen LogP contribution in [0.25, 0.3) is 11.3 Å². The van der Waals surface area contributed by atoms with E-state index >= 15 is 0 Å². The molecular weight excluding hydrogens is 389 g/mol. The van der Waals surface area contributed by atoms with Crippen molar-refractivity contribution >= 4 is 17.7 Å². The summed E-state index contributed by atoms with van der Waals surface area (Å²) < 4.78 is 18.7. The van der Waals surface area contributed by atoms with Crippen LogP contribution >= 0.6 is 0 Å². The zero-order valence-electron chi connectivity index (χ0n) is 15.8. The Morgan fingerprint density at radius 1 is 1.03 bits per heavy atom. The topological polar surface area (TPSA) is 83.7 Å². The lowest BCUT2D eigenvalue weighted by molar-refractivity contribution is -0.132. The zero-order chi connectivity index (χ0) is 20.8. The Morgan fingerprint density at radius 3 is 2.37 bits per heavy atom. The van der Waals surface area contributed by atoms with Gasteiger partial charge in [-0.1, -0.05) is 17.3 Å². The van der Waals surface area contributed by atoms with Gasteiger partial charge in [0.2, 0.25) is 5.91 Å². The van der Waals surface area contributed by atoms with Gasteiger partial charge in [-0.3, -0.25) is 19.3 Å². The fraction of sp³-hybridized carbons (Fsp3) is 0.182. The Labute approximate surface area is 170 Å². The summed E-state index contributed by atoms with van der Waals surface area (Å²) >= 11 is 0. The molecule has 0 saturated heterocycles. The number of carbonyl (C=O) groups excluding carboxylic acids is 3. The first-order valence-electron chi connectivity index (χ1n) is 9.49. The van der Waals surface area contributed by atoms with Crippen molar-refractivity contribution < 1.29 is 23.3 Å². The van der Waals surface area contributed by atoms with Crippen molar-refractivity contribution in [3.63, 3.8) is 0 Å². The molecule has 7 nitrogen and oxygen atoms in total. The molecule has 3 amide bonds. The van der Waals surface area contributed by atoms with Crippen molar-refractivity contribution in [3.8, 4) is 11.3 Å². The first kappa shape index (κ1) is 18.2. The molecule has 0 fully saturated rings. The SMILES string of the molecule is O=C(CN1C(=O)c2ccccc2C1=O)N1CCc2noc(-c3ccc(F)cc3)c2C1. The Morgan fingerprint density at radius 2 is 1.70 bits per heavy atom. The van der Waals surface area contributed by atoms with E-state index in [9.17, 15) is 18.8 Å². The second-order valence-corrected chi connectivity index (χ2v) is 7.25. The molecule has 3 heterocycles. The Kier molecular flexibility index (Phi) is 4.20. The van der Waals surface area contributed by atoms with Crippen LogP contribution in [0.2, 0.25) is 0 Å². The first-order valence-corrected chi connectivity index (χ1v) is 9.49. The number of benzene rings is 2. The number of fused-ring (bicyclic) bond motifs is 2. The Hall–Kier alpha value is -3.81. The number of halogens is 1. The maximum atomic E-state index is 13.2. The van der Waals surface area contributed by atoms with Crippen molar-refractivity contribution in [1.82, 2.24) is 15.0 Å². The van der Waals surface area contributed by atoms with Crippen LogP contribution in [0, 0.1) is 5.82 Å². The number of hydrogen-bond acceptors (Lipinski definition) is 5. The lowest BCUT2D eigenvalue weighted by atomic mass is 10.0. The third-order valence-corrected chi connectivity index (χ3v) is 5.47. The van der Waals surface area contributed by atoms with Crippen molar-refractivity contribution in [1.29, 1.82) is 0 Å². The van der Waals surface area contributed by atoms with Crippen LogP contribution in [0.4, 0.5) is 4.39 Å². The number of amides is 3. The molecule has 0 radical (unpaired) electrons. The van der Waals surface area contributed by atoms with Crippen molar-refractivity contribution in [2.24, 2.45) is 0 Å². The third-order valence-electron chi connectivity index (χ3n) is 5.47. The van der Waals surface area contributed by atoms with E-state index < -0.39 is 11.8 Å². The molecule has 2 aromatic carbocycles. The minimum atomic E-state index is -0.460. The second-order valence-electron chi connectivity index (χ2n) is 7.25. The highest BCUT2D eigenvalue weighted by Crippen LogP contribution is 2.31. The molecule has 2 aliphatic heterocycles. The quantitative estimate of drug-likeness (QED) is 0.626. The molecule has 150 valence electrons. The van der Waals surface area contributed by atoms with Gasteiger partial charge in [0.1, 0.15) is 12.4 Å². The van der Waals surface area contributed by atoms with Gasteiger partial charge in [0.15, 0.2) is 5.76 Å². The molecule has 2 aliphatic rings. The van der Waals surface area contributed by atoms with Gasteiger partial charge >= 0.3 is 0 Å². The molecule has 1 aromatic heterocycles. The molecule has 30 heavy (non-hydrogen) atoms. The van der Waals surface area contributed by atoms with Gasteiger partial charge in [-0.2, -0.15) is 0 Å². The maximum absolute atomic E-state index is 13.2. The highest BCUT2D eigenvalue weighted by molar-refractivity contribution is 6.22. The van der Waals surface area contributed by atoms with Gasteiger partial charge in [-0.15, -0.1) is 0 Å². The Bertz CT molecular complexity index is 1150. The molecule has 0 N–H and O–H groups in total. The van der Waals surface area contributed by atoms with Gasteiger partial charge < -0.3 is 9.42 Å². The lowest BCUT2D eigenvalue weighted by Crippen LogP contribution is -2.44. The summed E-state index contributed by atoms with van der Waals surface area (Å²) in [5.41, 5.74) is 2.80. The second kappa shape index (κ2) is 6.91. The van der Waals surface area contributed by atoms with E-state index in [2.05, 4.69) is 5.16 Å². The largest absolute Gasteiger partial charge is 0.356 e. The molecule has 0 bridgehead atoms. The maximum Gasteiger partial charge on any atom is 0.262 e. The summed E-state index contributed by atoms with van der Waals surface area (Å²) in [6.07, 6.45) is 0.494. The summed E-state index contributed by atoms with van der Waals surface area (Å²) in [6, 6.07) is 12.4. The summed E-state index contributed by atoms with van der Waals surface area (Å²) in [6.45, 7) is 0.330. The zero-order valence-corrected chi connectivity index (χ0v) is 15.8. The lowest BCUT2D eigenvalue weighted by Gasteiger charge is -2.28. The molecule has 0 spiro atoms. The predicted molar refractivity (Wildman–Crippen MR) is 103 cm³/mol.